The van der Waals surface area contributed by atoms with Crippen LogP contribution in [0.4, 0.5) is 0 Å². The monoisotopic (exact) mass is 148 g/mol. The Morgan fingerprint density at radius 2 is 2.33 bits per heavy atom. The molecule has 0 aliphatic carbocycles. The summed E-state index contributed by atoms with van der Waals surface area (Å²) >= 11 is 5.37. The fourth-order valence-electron chi connectivity index (χ4n) is 0.588. The van der Waals surface area contributed by atoms with Gasteiger partial charge >= 0.3 is 0 Å². The summed E-state index contributed by atoms with van der Waals surface area (Å²) in [6.45, 7) is 5.60. The maximum absolute atomic E-state index is 8.98. The first-order valence-corrected chi connectivity index (χ1v) is 3.60. The molecule has 0 saturated carbocycles. The molecule has 0 aromatic rings. The van der Waals surface area contributed by atoms with E-state index in [0.29, 0.717) is 18.2 Å². The van der Waals surface area contributed by atoms with Crippen LogP contribution in [-0.4, -0.2) is 17.1 Å². The van der Waals surface area contributed by atoms with E-state index >= 15 is 0 Å². The molecular formula is C7H13ClO. The highest BCUT2D eigenvalue weighted by Gasteiger charge is 2.04. The number of aliphatic hydroxyl groups excluding tert-OH is 1. The summed E-state index contributed by atoms with van der Waals surface area (Å²) in [4.78, 5) is 0. The van der Waals surface area contributed by atoms with Gasteiger partial charge in [0.15, 0.2) is 0 Å². The Labute approximate surface area is 61.3 Å². The Bertz CT molecular complexity index is 83.0. The lowest BCUT2D eigenvalue weighted by Crippen LogP contribution is -2.11. The molecule has 2 unspecified atom stereocenters. The van der Waals surface area contributed by atoms with Crippen molar-refractivity contribution in [3.05, 3.63) is 12.7 Å². The Morgan fingerprint density at radius 1 is 1.78 bits per heavy atom. The summed E-state index contributed by atoms with van der Waals surface area (Å²) in [5, 5.41) is 8.98. The van der Waals surface area contributed by atoms with E-state index in [0.717, 1.165) is 0 Å². The predicted octanol–water partition coefficient (Wildman–Crippen LogP) is 1.80. The third kappa shape index (κ3) is 4.49. The van der Waals surface area contributed by atoms with Crippen LogP contribution in [0.5, 0.6) is 0 Å². The van der Waals surface area contributed by atoms with Crippen molar-refractivity contribution in [3.63, 3.8) is 0 Å². The maximum Gasteiger partial charge on any atom is 0.0681 e. The van der Waals surface area contributed by atoms with Gasteiger partial charge in [0.2, 0.25) is 0 Å². The van der Waals surface area contributed by atoms with Crippen LogP contribution >= 0.6 is 11.6 Å². The van der Waals surface area contributed by atoms with Gasteiger partial charge in [-0.05, 0) is 12.3 Å². The zero-order valence-electron chi connectivity index (χ0n) is 5.68. The van der Waals surface area contributed by atoms with E-state index in [9.17, 15) is 0 Å². The summed E-state index contributed by atoms with van der Waals surface area (Å²) in [5.74, 6) is 0.678. The zero-order valence-corrected chi connectivity index (χ0v) is 6.43. The Morgan fingerprint density at radius 3 is 2.67 bits per heavy atom. The van der Waals surface area contributed by atoms with Crippen molar-refractivity contribution in [2.45, 2.75) is 19.4 Å². The van der Waals surface area contributed by atoms with Gasteiger partial charge in [0.25, 0.3) is 0 Å². The average molecular weight is 149 g/mol. The van der Waals surface area contributed by atoms with Crippen LogP contribution in [0.1, 0.15) is 13.3 Å². The maximum atomic E-state index is 8.98. The van der Waals surface area contributed by atoms with Crippen molar-refractivity contribution in [1.29, 1.82) is 0 Å². The minimum absolute atomic E-state index is 0.318. The number of halogens is 1. The number of alkyl halides is 1. The average Bonchev–Trinajstić information content (AvgIpc) is 1.87. The van der Waals surface area contributed by atoms with Crippen molar-refractivity contribution < 1.29 is 5.11 Å². The summed E-state index contributed by atoms with van der Waals surface area (Å²) in [6, 6.07) is 0. The number of rotatable bonds is 4. The first-order chi connectivity index (χ1) is 4.20. The standard InChI is InChI=1S/C7H13ClO/c1-3-6(2)4-7(9)5-8/h3,6-7,9H,1,4-5H2,2H3. The highest BCUT2D eigenvalue weighted by molar-refractivity contribution is 6.18. The first-order valence-electron chi connectivity index (χ1n) is 3.07. The summed E-state index contributed by atoms with van der Waals surface area (Å²) in [6.07, 6.45) is 2.16. The number of hydrogen-bond donors (Lipinski definition) is 1. The molecule has 0 heterocycles. The van der Waals surface area contributed by atoms with E-state index in [1.54, 1.807) is 0 Å². The lowest BCUT2D eigenvalue weighted by atomic mass is 10.1. The fraction of sp³-hybridized carbons (Fsp3) is 0.714. The minimum atomic E-state index is -0.375. The molecule has 2 heteroatoms. The highest BCUT2D eigenvalue weighted by Crippen LogP contribution is 2.07. The number of allylic oxidation sites excluding steroid dienone is 1. The Kier molecular flexibility index (Phi) is 4.83. The van der Waals surface area contributed by atoms with Crippen molar-refractivity contribution in [1.82, 2.24) is 0 Å². The lowest BCUT2D eigenvalue weighted by Gasteiger charge is -2.08. The summed E-state index contributed by atoms with van der Waals surface area (Å²) in [7, 11) is 0. The van der Waals surface area contributed by atoms with Gasteiger partial charge < -0.3 is 5.11 Å². The van der Waals surface area contributed by atoms with Gasteiger partial charge in [-0.15, -0.1) is 18.2 Å². The summed E-state index contributed by atoms with van der Waals surface area (Å²) in [5.41, 5.74) is 0. The van der Waals surface area contributed by atoms with Crippen molar-refractivity contribution >= 4 is 11.6 Å². The minimum Gasteiger partial charge on any atom is -0.392 e. The number of hydrogen-bond acceptors (Lipinski definition) is 1. The van der Waals surface area contributed by atoms with Crippen LogP contribution in [0.2, 0.25) is 0 Å². The Balaban J connectivity index is 3.33. The second-order valence-electron chi connectivity index (χ2n) is 2.26. The van der Waals surface area contributed by atoms with Crippen molar-refractivity contribution in [2.24, 2.45) is 5.92 Å². The first kappa shape index (κ1) is 8.99. The Hall–Kier alpha value is -0.0100. The van der Waals surface area contributed by atoms with Crippen molar-refractivity contribution in [3.8, 4) is 0 Å². The van der Waals surface area contributed by atoms with Gasteiger partial charge in [-0.1, -0.05) is 13.0 Å². The molecule has 0 spiro atoms. The molecule has 1 nitrogen and oxygen atoms in total. The topological polar surface area (TPSA) is 20.2 Å². The van der Waals surface area contributed by atoms with Gasteiger partial charge in [-0.3, -0.25) is 0 Å². The van der Waals surface area contributed by atoms with Crippen LogP contribution in [0, 0.1) is 5.92 Å². The van der Waals surface area contributed by atoms with E-state index < -0.39 is 0 Å². The third-order valence-electron chi connectivity index (χ3n) is 1.22. The van der Waals surface area contributed by atoms with E-state index in [1.165, 1.54) is 0 Å². The van der Waals surface area contributed by atoms with Crippen LogP contribution in [0.15, 0.2) is 12.7 Å². The molecule has 9 heavy (non-hydrogen) atoms. The molecule has 0 aliphatic heterocycles. The van der Waals surface area contributed by atoms with Gasteiger partial charge in [0, 0.05) is 5.88 Å². The molecule has 0 aromatic heterocycles. The molecule has 0 rings (SSSR count). The van der Waals surface area contributed by atoms with E-state index in [2.05, 4.69) is 6.58 Å². The molecule has 0 radical (unpaired) electrons. The fourth-order valence-corrected chi connectivity index (χ4v) is 0.714. The third-order valence-corrected chi connectivity index (χ3v) is 1.58. The van der Waals surface area contributed by atoms with Crippen LogP contribution < -0.4 is 0 Å². The smallest absolute Gasteiger partial charge is 0.0681 e. The molecule has 0 bridgehead atoms. The number of aliphatic hydroxyl groups is 1. The largest absolute Gasteiger partial charge is 0.392 e. The molecule has 54 valence electrons. The van der Waals surface area contributed by atoms with E-state index in [4.69, 9.17) is 16.7 Å². The van der Waals surface area contributed by atoms with Crippen LogP contribution in [0.25, 0.3) is 0 Å². The molecule has 0 saturated heterocycles. The van der Waals surface area contributed by atoms with Gasteiger partial charge in [0.05, 0.1) is 6.10 Å². The molecule has 0 amide bonds. The van der Waals surface area contributed by atoms with Crippen LogP contribution in [0.3, 0.4) is 0 Å². The van der Waals surface area contributed by atoms with Gasteiger partial charge in [-0.25, -0.2) is 0 Å². The molecule has 0 fully saturated rings. The molecular weight excluding hydrogens is 136 g/mol. The zero-order chi connectivity index (χ0) is 7.28. The molecule has 0 aliphatic rings. The summed E-state index contributed by atoms with van der Waals surface area (Å²) < 4.78 is 0. The molecule has 0 aromatic carbocycles. The quantitative estimate of drug-likeness (QED) is 0.476. The molecule has 2 atom stereocenters. The van der Waals surface area contributed by atoms with E-state index in [1.807, 2.05) is 13.0 Å². The normalized spacial score (nSPS) is 16.8. The highest BCUT2D eigenvalue weighted by atomic mass is 35.5. The SMILES string of the molecule is C=CC(C)CC(O)CCl. The molecule has 1 N–H and O–H groups in total. The lowest BCUT2D eigenvalue weighted by molar-refractivity contribution is 0.176. The van der Waals surface area contributed by atoms with Crippen molar-refractivity contribution in [2.75, 3.05) is 5.88 Å². The van der Waals surface area contributed by atoms with E-state index in [-0.39, 0.29) is 6.10 Å². The van der Waals surface area contributed by atoms with Gasteiger partial charge in [-0.2, -0.15) is 0 Å². The predicted molar refractivity (Wildman–Crippen MR) is 40.7 cm³/mol. The second-order valence-corrected chi connectivity index (χ2v) is 2.57. The second kappa shape index (κ2) is 4.83. The van der Waals surface area contributed by atoms with Crippen LogP contribution in [-0.2, 0) is 0 Å². The van der Waals surface area contributed by atoms with Gasteiger partial charge in [0.1, 0.15) is 0 Å².